The number of phenolic OH excluding ortho intramolecular Hbond substituents is 1. The Labute approximate surface area is 165 Å². The number of aryl methyl sites for hydroxylation is 2. The molecule has 0 saturated carbocycles. The second-order valence-electron chi connectivity index (χ2n) is 8.36. The van der Waals surface area contributed by atoms with E-state index in [1.807, 2.05) is 12.3 Å². The van der Waals surface area contributed by atoms with Crippen LogP contribution in [0.4, 0.5) is 0 Å². The molecule has 28 heavy (non-hydrogen) atoms. The van der Waals surface area contributed by atoms with E-state index in [9.17, 15) is 5.11 Å². The Hall–Kier alpha value is -3.14. The molecule has 2 aromatic carbocycles. The minimum Gasteiger partial charge on any atom is -0.508 e. The first-order valence-corrected chi connectivity index (χ1v) is 9.50. The van der Waals surface area contributed by atoms with Crippen LogP contribution in [0.2, 0.25) is 0 Å². The van der Waals surface area contributed by atoms with Crippen molar-refractivity contribution in [2.45, 2.75) is 40.0 Å². The molecular formula is C24H25N3O. The summed E-state index contributed by atoms with van der Waals surface area (Å²) in [6.07, 6.45) is 1.85. The van der Waals surface area contributed by atoms with Crippen LogP contribution in [0.1, 0.15) is 37.5 Å². The number of phenols is 1. The van der Waals surface area contributed by atoms with E-state index in [0.29, 0.717) is 0 Å². The number of benzene rings is 2. The molecule has 0 aliphatic carbocycles. The quantitative estimate of drug-likeness (QED) is 0.491. The maximum atomic E-state index is 10.1. The second kappa shape index (κ2) is 6.48. The van der Waals surface area contributed by atoms with Crippen molar-refractivity contribution in [3.63, 3.8) is 0 Å². The molecule has 2 aromatic heterocycles. The minimum atomic E-state index is 0.00889. The number of fused-ring (bicyclic) bond motifs is 1. The highest BCUT2D eigenvalue weighted by Gasteiger charge is 2.20. The van der Waals surface area contributed by atoms with Gasteiger partial charge in [0.1, 0.15) is 17.4 Å². The van der Waals surface area contributed by atoms with Gasteiger partial charge in [0.25, 0.3) is 0 Å². The molecule has 0 bridgehead atoms. The predicted molar refractivity (Wildman–Crippen MR) is 114 cm³/mol. The summed E-state index contributed by atoms with van der Waals surface area (Å²) in [4.78, 5) is 9.59. The lowest BCUT2D eigenvalue weighted by Crippen LogP contribution is -2.12. The SMILES string of the molecule is Cc1cccc(C)c1-c1nc2ccc(O)cc2n1-c1cc(C(C)(C)C)ccn1. The Bertz CT molecular complexity index is 1160. The van der Waals surface area contributed by atoms with Gasteiger partial charge in [-0.15, -0.1) is 0 Å². The molecule has 0 atom stereocenters. The fourth-order valence-corrected chi connectivity index (χ4v) is 3.64. The van der Waals surface area contributed by atoms with Gasteiger partial charge < -0.3 is 5.11 Å². The average molecular weight is 371 g/mol. The number of rotatable bonds is 2. The van der Waals surface area contributed by atoms with Crippen LogP contribution in [-0.2, 0) is 5.41 Å². The van der Waals surface area contributed by atoms with Crippen molar-refractivity contribution in [1.82, 2.24) is 14.5 Å². The lowest BCUT2D eigenvalue weighted by atomic mass is 9.88. The molecule has 0 spiro atoms. The topological polar surface area (TPSA) is 50.9 Å². The van der Waals surface area contributed by atoms with E-state index in [2.05, 4.69) is 74.5 Å². The molecule has 0 aliphatic rings. The summed E-state index contributed by atoms with van der Waals surface area (Å²) in [5.41, 5.74) is 6.30. The van der Waals surface area contributed by atoms with Crippen molar-refractivity contribution in [1.29, 1.82) is 0 Å². The monoisotopic (exact) mass is 371 g/mol. The number of pyridine rings is 1. The second-order valence-corrected chi connectivity index (χ2v) is 8.36. The van der Waals surface area contributed by atoms with Gasteiger partial charge in [0, 0.05) is 17.8 Å². The van der Waals surface area contributed by atoms with E-state index < -0.39 is 0 Å². The van der Waals surface area contributed by atoms with Gasteiger partial charge in [-0.2, -0.15) is 0 Å². The van der Waals surface area contributed by atoms with Crippen LogP contribution in [0, 0.1) is 13.8 Å². The Morgan fingerprint density at radius 2 is 1.64 bits per heavy atom. The molecule has 4 heteroatoms. The molecule has 4 rings (SSSR count). The van der Waals surface area contributed by atoms with E-state index in [1.54, 1.807) is 12.1 Å². The van der Waals surface area contributed by atoms with E-state index in [0.717, 1.165) is 39.4 Å². The molecule has 4 nitrogen and oxygen atoms in total. The molecule has 0 amide bonds. The van der Waals surface area contributed by atoms with Gasteiger partial charge >= 0.3 is 0 Å². The molecule has 0 radical (unpaired) electrons. The van der Waals surface area contributed by atoms with Gasteiger partial charge in [0.15, 0.2) is 0 Å². The summed E-state index contributed by atoms with van der Waals surface area (Å²) < 4.78 is 2.06. The molecule has 1 N–H and O–H groups in total. The number of hydrogen-bond donors (Lipinski definition) is 1. The minimum absolute atomic E-state index is 0.00889. The van der Waals surface area contributed by atoms with Crippen LogP contribution < -0.4 is 0 Å². The lowest BCUT2D eigenvalue weighted by molar-refractivity contribution is 0.476. The van der Waals surface area contributed by atoms with Gasteiger partial charge in [-0.1, -0.05) is 39.0 Å². The van der Waals surface area contributed by atoms with Gasteiger partial charge in [-0.05, 0) is 60.2 Å². The van der Waals surface area contributed by atoms with Crippen LogP contribution in [0.3, 0.4) is 0 Å². The Balaban J connectivity index is 2.09. The first kappa shape index (κ1) is 18.2. The van der Waals surface area contributed by atoms with Crippen LogP contribution >= 0.6 is 0 Å². The van der Waals surface area contributed by atoms with E-state index >= 15 is 0 Å². The normalized spacial score (nSPS) is 11.9. The van der Waals surface area contributed by atoms with E-state index in [1.165, 1.54) is 5.56 Å². The van der Waals surface area contributed by atoms with Crippen molar-refractivity contribution in [2.75, 3.05) is 0 Å². The molecule has 0 aliphatic heterocycles. The van der Waals surface area contributed by atoms with Crippen LogP contribution in [0.5, 0.6) is 5.75 Å². The largest absolute Gasteiger partial charge is 0.508 e. The summed E-state index contributed by atoms with van der Waals surface area (Å²) in [5, 5.41) is 10.1. The molecule has 0 fully saturated rings. The molecule has 2 heterocycles. The Morgan fingerprint density at radius 3 is 2.32 bits per heavy atom. The van der Waals surface area contributed by atoms with Crippen molar-refractivity contribution >= 4 is 11.0 Å². The number of nitrogens with zero attached hydrogens (tertiary/aromatic N) is 3. The fourth-order valence-electron chi connectivity index (χ4n) is 3.64. The molecule has 142 valence electrons. The molecule has 0 unspecified atom stereocenters. The third-order valence-electron chi connectivity index (χ3n) is 5.18. The Kier molecular flexibility index (Phi) is 4.22. The van der Waals surface area contributed by atoms with Crippen molar-refractivity contribution in [3.8, 4) is 23.0 Å². The lowest BCUT2D eigenvalue weighted by Gasteiger charge is -2.20. The highest BCUT2D eigenvalue weighted by Crippen LogP contribution is 2.34. The zero-order valence-electron chi connectivity index (χ0n) is 17.0. The highest BCUT2D eigenvalue weighted by molar-refractivity contribution is 5.85. The summed E-state index contributed by atoms with van der Waals surface area (Å²) >= 11 is 0. The van der Waals surface area contributed by atoms with Crippen LogP contribution in [0.15, 0.2) is 54.7 Å². The zero-order valence-corrected chi connectivity index (χ0v) is 17.0. The van der Waals surface area contributed by atoms with Crippen LogP contribution in [0.25, 0.3) is 28.2 Å². The van der Waals surface area contributed by atoms with E-state index in [4.69, 9.17) is 4.98 Å². The maximum Gasteiger partial charge on any atom is 0.147 e. The summed E-state index contributed by atoms with van der Waals surface area (Å²) in [5.74, 6) is 1.86. The number of imidazole rings is 1. The number of hydrogen-bond acceptors (Lipinski definition) is 3. The smallest absolute Gasteiger partial charge is 0.147 e. The third kappa shape index (κ3) is 3.05. The van der Waals surface area contributed by atoms with Crippen molar-refractivity contribution in [2.24, 2.45) is 0 Å². The summed E-state index contributed by atoms with van der Waals surface area (Å²) in [7, 11) is 0. The van der Waals surface area contributed by atoms with Crippen molar-refractivity contribution < 1.29 is 5.11 Å². The van der Waals surface area contributed by atoms with Gasteiger partial charge in [-0.25, -0.2) is 9.97 Å². The van der Waals surface area contributed by atoms with Crippen LogP contribution in [-0.4, -0.2) is 19.6 Å². The Morgan fingerprint density at radius 1 is 0.929 bits per heavy atom. The highest BCUT2D eigenvalue weighted by atomic mass is 16.3. The van der Waals surface area contributed by atoms with Gasteiger partial charge in [0.2, 0.25) is 0 Å². The average Bonchev–Trinajstić information content (AvgIpc) is 2.99. The maximum absolute atomic E-state index is 10.1. The number of aromatic nitrogens is 3. The predicted octanol–water partition coefficient (Wildman–Crippen LogP) is 5.71. The standard InChI is InChI=1S/C24H25N3O/c1-15-7-6-8-16(2)22(15)23-26-19-10-9-18(28)14-20(19)27(23)21-13-17(11-12-25-21)24(3,4)5/h6-14,28H,1-5H3. The van der Waals surface area contributed by atoms with E-state index in [-0.39, 0.29) is 11.2 Å². The van der Waals surface area contributed by atoms with Gasteiger partial charge in [0.05, 0.1) is 11.0 Å². The first-order valence-electron chi connectivity index (χ1n) is 9.50. The first-order chi connectivity index (χ1) is 13.3. The summed E-state index contributed by atoms with van der Waals surface area (Å²) in [6.45, 7) is 10.8. The molecular weight excluding hydrogens is 346 g/mol. The molecule has 4 aromatic rings. The van der Waals surface area contributed by atoms with Crippen molar-refractivity contribution in [3.05, 3.63) is 71.4 Å². The molecule has 0 saturated heterocycles. The third-order valence-corrected chi connectivity index (χ3v) is 5.18. The van der Waals surface area contributed by atoms with Gasteiger partial charge in [-0.3, -0.25) is 4.57 Å². The zero-order chi connectivity index (χ0) is 20.1. The fraction of sp³-hybridized carbons (Fsp3) is 0.250. The summed E-state index contributed by atoms with van der Waals surface area (Å²) in [6, 6.07) is 15.7. The number of aromatic hydroxyl groups is 1.